The number of anilines is 1. The predicted octanol–water partition coefficient (Wildman–Crippen LogP) is 3.66. The molecule has 21 heavy (non-hydrogen) atoms. The number of hydrogen-bond donors (Lipinski definition) is 1. The van der Waals surface area contributed by atoms with E-state index in [-0.39, 0.29) is 5.56 Å². The lowest BCUT2D eigenvalue weighted by Gasteiger charge is -2.09. The number of nitrogens with zero attached hydrogens (tertiary/aromatic N) is 1. The average molecular weight is 296 g/mol. The molecule has 0 saturated carbocycles. The van der Waals surface area contributed by atoms with Gasteiger partial charge in [0, 0.05) is 24.7 Å². The highest BCUT2D eigenvalue weighted by Crippen LogP contribution is 2.33. The van der Waals surface area contributed by atoms with Gasteiger partial charge in [-0.25, -0.2) is 0 Å². The minimum absolute atomic E-state index is 0.148. The van der Waals surface area contributed by atoms with Crippen LogP contribution in [0.15, 0.2) is 53.3 Å². The fourth-order valence-corrected chi connectivity index (χ4v) is 4.06. The molecule has 4 rings (SSSR count). The highest BCUT2D eigenvalue weighted by Gasteiger charge is 2.21. The van der Waals surface area contributed by atoms with E-state index in [9.17, 15) is 4.79 Å². The molecule has 0 saturated heterocycles. The summed E-state index contributed by atoms with van der Waals surface area (Å²) in [5.41, 5.74) is 2.77. The second-order valence-corrected chi connectivity index (χ2v) is 6.51. The molecule has 3 nitrogen and oxygen atoms in total. The number of nitrogens with one attached hydrogen (secondary N) is 1. The molecular formula is C17H16N2OS. The standard InChI is InChI=1S/C17H16N2OS/c20-17-14-6-2-4-8-16(14)21-19(17)10-9-12-11-18-15-7-3-1-5-13(12)15/h1-8,12,18H,9-11H2. The van der Waals surface area contributed by atoms with Crippen LogP contribution in [0.4, 0.5) is 5.69 Å². The molecule has 3 aromatic rings. The highest BCUT2D eigenvalue weighted by molar-refractivity contribution is 7.13. The molecule has 1 aliphatic heterocycles. The van der Waals surface area contributed by atoms with Crippen LogP contribution in [0, 0.1) is 0 Å². The summed E-state index contributed by atoms with van der Waals surface area (Å²) in [5, 5.41) is 4.28. The maximum absolute atomic E-state index is 12.3. The summed E-state index contributed by atoms with van der Waals surface area (Å²) >= 11 is 1.57. The molecule has 1 aliphatic rings. The maximum Gasteiger partial charge on any atom is 0.268 e. The van der Waals surface area contributed by atoms with Gasteiger partial charge in [-0.05, 0) is 30.2 Å². The zero-order chi connectivity index (χ0) is 14.2. The number of aromatic nitrogens is 1. The van der Waals surface area contributed by atoms with E-state index in [0.717, 1.165) is 29.6 Å². The summed E-state index contributed by atoms with van der Waals surface area (Å²) < 4.78 is 2.97. The molecule has 0 radical (unpaired) electrons. The van der Waals surface area contributed by atoms with Gasteiger partial charge in [0.15, 0.2) is 0 Å². The van der Waals surface area contributed by atoms with E-state index in [0.29, 0.717) is 5.92 Å². The quantitative estimate of drug-likeness (QED) is 0.800. The maximum atomic E-state index is 12.3. The topological polar surface area (TPSA) is 34.0 Å². The van der Waals surface area contributed by atoms with Gasteiger partial charge in [0.25, 0.3) is 5.56 Å². The Morgan fingerprint density at radius 1 is 1.14 bits per heavy atom. The first-order valence-electron chi connectivity index (χ1n) is 7.24. The molecule has 1 unspecified atom stereocenters. The van der Waals surface area contributed by atoms with Crippen LogP contribution in [-0.2, 0) is 6.54 Å². The average Bonchev–Trinajstić information content (AvgIpc) is 3.07. The molecule has 0 spiro atoms. The molecule has 2 heterocycles. The molecule has 1 aromatic heterocycles. The lowest BCUT2D eigenvalue weighted by atomic mass is 9.98. The first kappa shape index (κ1) is 12.7. The van der Waals surface area contributed by atoms with E-state index in [1.54, 1.807) is 11.5 Å². The Hall–Kier alpha value is -2.07. The van der Waals surface area contributed by atoms with Crippen LogP contribution in [0.25, 0.3) is 10.1 Å². The van der Waals surface area contributed by atoms with Crippen molar-refractivity contribution in [3.05, 3.63) is 64.4 Å². The van der Waals surface area contributed by atoms with Crippen molar-refractivity contribution in [2.75, 3.05) is 11.9 Å². The zero-order valence-electron chi connectivity index (χ0n) is 11.6. The van der Waals surface area contributed by atoms with Gasteiger partial charge in [0.1, 0.15) is 0 Å². The third-order valence-electron chi connectivity index (χ3n) is 4.17. The monoisotopic (exact) mass is 296 g/mol. The summed E-state index contributed by atoms with van der Waals surface area (Å²) in [4.78, 5) is 12.3. The number of para-hydroxylation sites is 1. The SMILES string of the molecule is O=c1c2ccccc2sn1CCC1CNc2ccccc21. The van der Waals surface area contributed by atoms with Gasteiger partial charge in [-0.1, -0.05) is 41.9 Å². The number of benzene rings is 2. The van der Waals surface area contributed by atoms with E-state index >= 15 is 0 Å². The Kier molecular flexibility index (Phi) is 3.04. The lowest BCUT2D eigenvalue weighted by molar-refractivity contribution is 0.593. The molecule has 0 fully saturated rings. The normalized spacial score (nSPS) is 16.9. The van der Waals surface area contributed by atoms with Crippen molar-refractivity contribution >= 4 is 27.3 Å². The van der Waals surface area contributed by atoms with E-state index in [1.807, 2.05) is 28.2 Å². The third-order valence-corrected chi connectivity index (χ3v) is 5.29. The van der Waals surface area contributed by atoms with Crippen LogP contribution in [-0.4, -0.2) is 10.5 Å². The minimum atomic E-state index is 0.148. The number of aryl methyl sites for hydroxylation is 1. The van der Waals surface area contributed by atoms with Crippen LogP contribution < -0.4 is 10.9 Å². The Morgan fingerprint density at radius 3 is 2.86 bits per heavy atom. The molecule has 4 heteroatoms. The van der Waals surface area contributed by atoms with E-state index < -0.39 is 0 Å². The van der Waals surface area contributed by atoms with Crippen molar-refractivity contribution in [1.82, 2.24) is 3.96 Å². The van der Waals surface area contributed by atoms with Crippen molar-refractivity contribution in [3.8, 4) is 0 Å². The second kappa shape index (κ2) is 5.04. The van der Waals surface area contributed by atoms with E-state index in [1.165, 1.54) is 11.3 Å². The number of fused-ring (bicyclic) bond motifs is 2. The van der Waals surface area contributed by atoms with Crippen LogP contribution in [0.2, 0.25) is 0 Å². The van der Waals surface area contributed by atoms with Crippen molar-refractivity contribution in [2.45, 2.75) is 18.9 Å². The van der Waals surface area contributed by atoms with Crippen molar-refractivity contribution in [3.63, 3.8) is 0 Å². The predicted molar refractivity (Wildman–Crippen MR) is 88.4 cm³/mol. The Balaban J connectivity index is 1.57. The fourth-order valence-electron chi connectivity index (χ4n) is 3.05. The third kappa shape index (κ3) is 2.16. The Bertz CT molecular complexity index is 849. The van der Waals surface area contributed by atoms with Gasteiger partial charge in [-0.3, -0.25) is 8.75 Å². The summed E-state index contributed by atoms with van der Waals surface area (Å²) in [5.74, 6) is 0.498. The van der Waals surface area contributed by atoms with E-state index in [4.69, 9.17) is 0 Å². The van der Waals surface area contributed by atoms with Crippen LogP contribution in [0.3, 0.4) is 0 Å². The summed E-state index contributed by atoms with van der Waals surface area (Å²) in [6, 6.07) is 16.3. The van der Waals surface area contributed by atoms with Crippen molar-refractivity contribution in [1.29, 1.82) is 0 Å². The summed E-state index contributed by atoms with van der Waals surface area (Å²) in [7, 11) is 0. The van der Waals surface area contributed by atoms with Crippen LogP contribution in [0.5, 0.6) is 0 Å². The largest absolute Gasteiger partial charge is 0.384 e. The Morgan fingerprint density at radius 2 is 1.95 bits per heavy atom. The first-order chi connectivity index (χ1) is 10.3. The fraction of sp³-hybridized carbons (Fsp3) is 0.235. The molecule has 106 valence electrons. The van der Waals surface area contributed by atoms with Gasteiger partial charge in [0.2, 0.25) is 0 Å². The molecule has 0 bridgehead atoms. The van der Waals surface area contributed by atoms with Gasteiger partial charge in [-0.2, -0.15) is 0 Å². The van der Waals surface area contributed by atoms with Crippen LogP contribution in [0.1, 0.15) is 17.9 Å². The molecular weight excluding hydrogens is 280 g/mol. The zero-order valence-corrected chi connectivity index (χ0v) is 12.4. The van der Waals surface area contributed by atoms with E-state index in [2.05, 4.69) is 29.6 Å². The summed E-state index contributed by atoms with van der Waals surface area (Å²) in [6.07, 6.45) is 0.997. The van der Waals surface area contributed by atoms with Crippen LogP contribution >= 0.6 is 11.5 Å². The minimum Gasteiger partial charge on any atom is -0.384 e. The smallest absolute Gasteiger partial charge is 0.268 e. The lowest BCUT2D eigenvalue weighted by Crippen LogP contribution is -2.15. The molecule has 2 aromatic carbocycles. The first-order valence-corrected chi connectivity index (χ1v) is 8.02. The highest BCUT2D eigenvalue weighted by atomic mass is 32.1. The Labute approximate surface area is 127 Å². The van der Waals surface area contributed by atoms with Gasteiger partial charge in [-0.15, -0.1) is 0 Å². The van der Waals surface area contributed by atoms with Gasteiger partial charge >= 0.3 is 0 Å². The van der Waals surface area contributed by atoms with Crippen molar-refractivity contribution < 1.29 is 0 Å². The molecule has 0 amide bonds. The molecule has 0 aliphatic carbocycles. The molecule has 1 atom stereocenters. The second-order valence-electron chi connectivity index (χ2n) is 5.45. The van der Waals surface area contributed by atoms with Crippen molar-refractivity contribution in [2.24, 2.45) is 0 Å². The number of rotatable bonds is 3. The number of hydrogen-bond acceptors (Lipinski definition) is 3. The summed E-state index contributed by atoms with van der Waals surface area (Å²) in [6.45, 7) is 1.76. The van der Waals surface area contributed by atoms with Gasteiger partial charge in [0.05, 0.1) is 10.1 Å². The molecule has 1 N–H and O–H groups in total. The van der Waals surface area contributed by atoms with Gasteiger partial charge < -0.3 is 5.32 Å².